The van der Waals surface area contributed by atoms with Crippen molar-refractivity contribution in [3.63, 3.8) is 0 Å². The van der Waals surface area contributed by atoms with E-state index in [1.165, 1.54) is 0 Å². The lowest BCUT2D eigenvalue weighted by Crippen LogP contribution is -2.54. The number of carbonyl (C=O) groups is 4. The van der Waals surface area contributed by atoms with Crippen LogP contribution in [-0.2, 0) is 35.6 Å². The molecule has 19 heteroatoms. The van der Waals surface area contributed by atoms with Gasteiger partial charge in [-0.05, 0) is 23.3 Å². The van der Waals surface area contributed by atoms with Crippen LogP contribution in [0.4, 0.5) is 4.79 Å². The summed E-state index contributed by atoms with van der Waals surface area (Å²) >= 11 is 0. The lowest BCUT2D eigenvalue weighted by molar-refractivity contribution is -0.134. The van der Waals surface area contributed by atoms with Gasteiger partial charge in [-0.1, -0.05) is 5.10 Å². The van der Waals surface area contributed by atoms with Crippen molar-refractivity contribution >= 4 is 34.2 Å². The van der Waals surface area contributed by atoms with E-state index >= 15 is 0 Å². The van der Waals surface area contributed by atoms with Gasteiger partial charge in [0.05, 0.1) is 12.6 Å². The number of tetrazole rings is 1. The van der Waals surface area contributed by atoms with Crippen LogP contribution in [0.5, 0.6) is 6.01 Å². The number of esters is 1. The van der Waals surface area contributed by atoms with Crippen molar-refractivity contribution in [1.82, 2.24) is 41.0 Å². The molecule has 0 aliphatic carbocycles. The Morgan fingerprint density at radius 1 is 1.26 bits per heavy atom. The van der Waals surface area contributed by atoms with Crippen LogP contribution >= 0.6 is 0 Å². The summed E-state index contributed by atoms with van der Waals surface area (Å²) in [4.78, 5) is 49.0. The minimum absolute atomic E-state index is 0.0130. The van der Waals surface area contributed by atoms with Gasteiger partial charge in [-0.3, -0.25) is 29.8 Å². The molecule has 31 heavy (non-hydrogen) atoms. The number of fused-ring (bicyclic) bond motifs is 2. The van der Waals surface area contributed by atoms with Gasteiger partial charge in [-0.2, -0.15) is 18.2 Å². The number of nitrogens with two attached hydrogens (primary N) is 1. The average molecular weight is 463 g/mol. The first-order chi connectivity index (χ1) is 14.6. The minimum Gasteiger partial charge on any atom is -0.389 e. The van der Waals surface area contributed by atoms with Crippen LogP contribution < -0.4 is 21.3 Å². The number of carbonyl (C=O) groups excluding carboxylic acids is 4. The minimum atomic E-state index is -4.91. The lowest BCUT2D eigenvalue weighted by atomic mass is 10.0. The average Bonchev–Trinajstić information content (AvgIpc) is 3.23. The molecular weight excluding hydrogens is 446 g/mol. The first-order valence-electron chi connectivity index (χ1n) is 8.61. The Morgan fingerprint density at radius 3 is 2.68 bits per heavy atom. The van der Waals surface area contributed by atoms with E-state index < -0.39 is 59.4 Å². The Bertz CT molecular complexity index is 995. The highest BCUT2D eigenvalue weighted by Crippen LogP contribution is 2.30. The molecule has 18 nitrogen and oxygen atoms in total. The van der Waals surface area contributed by atoms with Gasteiger partial charge < -0.3 is 15.4 Å². The Hall–Kier alpha value is -3.42. The summed E-state index contributed by atoms with van der Waals surface area (Å²) in [5.41, 5.74) is 9.34. The van der Waals surface area contributed by atoms with Crippen LogP contribution in [0.15, 0.2) is 0 Å². The van der Waals surface area contributed by atoms with Gasteiger partial charge in [0, 0.05) is 6.54 Å². The smallest absolute Gasteiger partial charge is 0.389 e. The summed E-state index contributed by atoms with van der Waals surface area (Å²) in [6.07, 6.45) is 0.361. The molecule has 0 spiro atoms. The fraction of sp³-hybridized carbons (Fsp3) is 0.583. The Balaban J connectivity index is 1.54. The Morgan fingerprint density at radius 2 is 2.00 bits per heavy atom. The molecular formula is C12H17N9O9S. The predicted octanol–water partition coefficient (Wildman–Crippen LogP) is -4.31. The number of hydrogen-bond donors (Lipinski definition) is 4. The molecule has 3 heterocycles. The third kappa shape index (κ3) is 5.20. The highest BCUT2D eigenvalue weighted by atomic mass is 32.3. The summed E-state index contributed by atoms with van der Waals surface area (Å²) in [5, 5.41) is 10.6. The van der Waals surface area contributed by atoms with Gasteiger partial charge in [0.1, 0.15) is 12.6 Å². The molecule has 2 saturated heterocycles. The largest absolute Gasteiger partial charge is 0.418 e. The molecule has 0 saturated carbocycles. The standard InChI is InChI=1S/C12H17N9O9S/c13-3-9(23)29-11-16-17-18-20(11)5-8(22)14-15-10(24)7-2-1-6-4-19(7)12(25)21(6)30-31(26,27)28/h6-7H,1-5,13H2,(H,14,22)(H,15,24)(H,26,27,28). The van der Waals surface area contributed by atoms with Crippen molar-refractivity contribution in [3.8, 4) is 6.01 Å². The van der Waals surface area contributed by atoms with E-state index in [4.69, 9.17) is 15.0 Å². The number of nitrogens with zero attached hydrogens (tertiary/aromatic N) is 6. The van der Waals surface area contributed by atoms with E-state index in [-0.39, 0.29) is 25.4 Å². The fourth-order valence-corrected chi connectivity index (χ4v) is 3.39. The molecule has 5 N–H and O–H groups in total. The zero-order valence-corrected chi connectivity index (χ0v) is 16.4. The molecule has 2 aliphatic heterocycles. The summed E-state index contributed by atoms with van der Waals surface area (Å²) in [6.45, 7) is -0.966. The molecule has 170 valence electrons. The molecule has 0 radical (unpaired) electrons. The quantitative estimate of drug-likeness (QED) is 0.170. The second kappa shape index (κ2) is 8.75. The van der Waals surface area contributed by atoms with E-state index in [0.29, 0.717) is 5.06 Å². The number of nitrogens with one attached hydrogen (secondary N) is 2. The molecule has 2 fully saturated rings. The third-order valence-corrected chi connectivity index (χ3v) is 4.64. The number of hydrogen-bond acceptors (Lipinski definition) is 12. The van der Waals surface area contributed by atoms with Crippen LogP contribution in [0.2, 0.25) is 0 Å². The number of hydroxylamine groups is 2. The second-order valence-electron chi connectivity index (χ2n) is 6.34. The van der Waals surface area contributed by atoms with E-state index in [2.05, 4.69) is 30.7 Å². The molecule has 2 bridgehead atoms. The van der Waals surface area contributed by atoms with Crippen molar-refractivity contribution in [1.29, 1.82) is 0 Å². The predicted molar refractivity (Wildman–Crippen MR) is 92.2 cm³/mol. The van der Waals surface area contributed by atoms with Crippen molar-refractivity contribution in [2.75, 3.05) is 13.1 Å². The van der Waals surface area contributed by atoms with Crippen molar-refractivity contribution in [2.24, 2.45) is 5.73 Å². The first kappa shape index (κ1) is 22.3. The zero-order valence-electron chi connectivity index (χ0n) is 15.6. The van der Waals surface area contributed by atoms with E-state index in [9.17, 15) is 27.6 Å². The highest BCUT2D eigenvalue weighted by Gasteiger charge is 2.49. The summed E-state index contributed by atoms with van der Waals surface area (Å²) in [6, 6.07) is -2.99. The van der Waals surface area contributed by atoms with Crippen LogP contribution in [0.3, 0.4) is 0 Å². The van der Waals surface area contributed by atoms with Gasteiger partial charge in [0.25, 0.3) is 11.8 Å². The fourth-order valence-electron chi connectivity index (χ4n) is 3.01. The molecule has 2 unspecified atom stereocenters. The third-order valence-electron chi connectivity index (χ3n) is 4.29. The molecule has 3 rings (SSSR count). The van der Waals surface area contributed by atoms with E-state index in [1.54, 1.807) is 0 Å². The van der Waals surface area contributed by atoms with Crippen LogP contribution in [0.1, 0.15) is 12.8 Å². The monoisotopic (exact) mass is 463 g/mol. The van der Waals surface area contributed by atoms with E-state index in [0.717, 1.165) is 9.58 Å². The maximum Gasteiger partial charge on any atom is 0.418 e. The van der Waals surface area contributed by atoms with Crippen LogP contribution in [-0.4, -0.2) is 92.1 Å². The Labute approximate surface area is 173 Å². The lowest BCUT2D eigenvalue weighted by Gasteiger charge is -2.29. The molecule has 4 amide bonds. The van der Waals surface area contributed by atoms with Gasteiger partial charge in [-0.15, -0.1) is 4.28 Å². The number of rotatable bonds is 7. The maximum atomic E-state index is 12.4. The SMILES string of the molecule is NCC(=O)Oc1nnnn1CC(=O)NNC(=O)C1CCC2CN1C(=O)N2OS(=O)(=O)O. The van der Waals surface area contributed by atoms with E-state index in [1.807, 2.05) is 0 Å². The number of ether oxygens (including phenoxy) is 1. The summed E-state index contributed by atoms with van der Waals surface area (Å²) in [5.74, 6) is -2.37. The normalized spacial score (nSPS) is 20.5. The number of aromatic nitrogens is 4. The maximum absolute atomic E-state index is 12.4. The Kier molecular flexibility index (Phi) is 6.29. The molecule has 1 aromatic rings. The number of piperidine rings is 1. The first-order valence-corrected chi connectivity index (χ1v) is 9.98. The highest BCUT2D eigenvalue weighted by molar-refractivity contribution is 7.80. The molecule has 0 aromatic carbocycles. The summed E-state index contributed by atoms with van der Waals surface area (Å²) < 4.78 is 40.4. The van der Waals surface area contributed by atoms with Crippen LogP contribution in [0.25, 0.3) is 0 Å². The van der Waals surface area contributed by atoms with Crippen molar-refractivity contribution in [2.45, 2.75) is 31.5 Å². The van der Waals surface area contributed by atoms with Crippen molar-refractivity contribution < 1.29 is 41.2 Å². The second-order valence-corrected chi connectivity index (χ2v) is 7.35. The van der Waals surface area contributed by atoms with Crippen LogP contribution in [0, 0.1) is 0 Å². The topological polar surface area (TPSA) is 241 Å². The number of urea groups is 1. The van der Waals surface area contributed by atoms with Gasteiger partial charge in [0.2, 0.25) is 0 Å². The molecule has 2 aliphatic rings. The van der Waals surface area contributed by atoms with Gasteiger partial charge >= 0.3 is 28.4 Å². The molecule has 1 aromatic heterocycles. The number of amides is 4. The van der Waals surface area contributed by atoms with Gasteiger partial charge in [-0.25, -0.2) is 4.79 Å². The van der Waals surface area contributed by atoms with Crippen molar-refractivity contribution in [3.05, 3.63) is 0 Å². The molecule has 2 atom stereocenters. The summed E-state index contributed by atoms with van der Waals surface area (Å²) in [7, 11) is -4.91. The zero-order chi connectivity index (χ0) is 22.8. The number of hydrazine groups is 1. The van der Waals surface area contributed by atoms with Gasteiger partial charge in [0.15, 0.2) is 0 Å².